The number of hydrogen-bond donors (Lipinski definition) is 1. The van der Waals surface area contributed by atoms with Crippen molar-refractivity contribution >= 4 is 28.3 Å². The van der Waals surface area contributed by atoms with Crippen molar-refractivity contribution in [3.05, 3.63) is 69.1 Å². The summed E-state index contributed by atoms with van der Waals surface area (Å²) in [6.45, 7) is 0.249. The number of aryl methyl sites for hydroxylation is 2. The Morgan fingerprint density at radius 3 is 2.40 bits per heavy atom. The number of amides is 1. The van der Waals surface area contributed by atoms with E-state index in [0.717, 1.165) is 11.0 Å². The number of aromatic nitrogens is 2. The standard InChI is InChI=1S/C17H16N4O4/c1-19-14-4-2-3-5-15(14)20(17(19)23)11-10-16(22)18-12-6-8-13(9-7-12)21(24)25/h2-9H,10-11H2,1H3,(H,18,22). The van der Waals surface area contributed by atoms with E-state index in [0.29, 0.717) is 5.69 Å². The molecule has 0 radical (unpaired) electrons. The van der Waals surface area contributed by atoms with E-state index in [9.17, 15) is 19.7 Å². The van der Waals surface area contributed by atoms with Crippen molar-refractivity contribution in [3.63, 3.8) is 0 Å². The predicted octanol–water partition coefficient (Wildman–Crippen LogP) is 2.28. The molecule has 2 aromatic carbocycles. The van der Waals surface area contributed by atoms with Crippen molar-refractivity contribution < 1.29 is 9.72 Å². The molecule has 0 spiro atoms. The van der Waals surface area contributed by atoms with E-state index in [2.05, 4.69) is 5.32 Å². The minimum absolute atomic E-state index is 0.0414. The van der Waals surface area contributed by atoms with Gasteiger partial charge in [0.25, 0.3) is 5.69 Å². The topological polar surface area (TPSA) is 99.2 Å². The molecule has 1 N–H and O–H groups in total. The van der Waals surface area contributed by atoms with Crippen LogP contribution in [-0.4, -0.2) is 20.0 Å². The van der Waals surface area contributed by atoms with Crippen LogP contribution in [0, 0.1) is 10.1 Å². The molecule has 1 aromatic heterocycles. The summed E-state index contributed by atoms with van der Waals surface area (Å²) in [6.07, 6.45) is 0.116. The van der Waals surface area contributed by atoms with Gasteiger partial charge in [0, 0.05) is 37.8 Å². The molecular weight excluding hydrogens is 324 g/mol. The number of imidazole rings is 1. The fourth-order valence-electron chi connectivity index (χ4n) is 2.68. The number of non-ortho nitro benzene ring substituents is 1. The van der Waals surface area contributed by atoms with Crippen molar-refractivity contribution in [2.75, 3.05) is 5.32 Å². The summed E-state index contributed by atoms with van der Waals surface area (Å²) in [6, 6.07) is 13.0. The van der Waals surface area contributed by atoms with Crippen LogP contribution in [-0.2, 0) is 18.4 Å². The van der Waals surface area contributed by atoms with Crippen LogP contribution in [0.2, 0.25) is 0 Å². The second-order valence-corrected chi connectivity index (χ2v) is 5.58. The molecule has 0 unspecified atom stereocenters. The monoisotopic (exact) mass is 340 g/mol. The van der Waals surface area contributed by atoms with Gasteiger partial charge in [0.2, 0.25) is 5.91 Å². The maximum Gasteiger partial charge on any atom is 0.328 e. The summed E-state index contributed by atoms with van der Waals surface area (Å²) in [4.78, 5) is 34.5. The molecule has 0 saturated carbocycles. The fraction of sp³-hybridized carbons (Fsp3) is 0.176. The van der Waals surface area contributed by atoms with E-state index in [1.54, 1.807) is 16.2 Å². The largest absolute Gasteiger partial charge is 0.328 e. The van der Waals surface area contributed by atoms with Crippen molar-refractivity contribution in [1.82, 2.24) is 9.13 Å². The van der Waals surface area contributed by atoms with E-state index in [1.807, 2.05) is 24.3 Å². The van der Waals surface area contributed by atoms with Crippen LogP contribution >= 0.6 is 0 Å². The van der Waals surface area contributed by atoms with Gasteiger partial charge in [-0.3, -0.25) is 24.0 Å². The van der Waals surface area contributed by atoms with E-state index in [-0.39, 0.29) is 30.2 Å². The van der Waals surface area contributed by atoms with Crippen molar-refractivity contribution in [1.29, 1.82) is 0 Å². The molecule has 0 aliphatic carbocycles. The van der Waals surface area contributed by atoms with E-state index < -0.39 is 4.92 Å². The highest BCUT2D eigenvalue weighted by Crippen LogP contribution is 2.16. The molecule has 1 amide bonds. The van der Waals surface area contributed by atoms with E-state index in [4.69, 9.17) is 0 Å². The summed E-state index contributed by atoms with van der Waals surface area (Å²) in [5.74, 6) is -0.270. The van der Waals surface area contributed by atoms with Gasteiger partial charge in [-0.15, -0.1) is 0 Å². The SMILES string of the molecule is Cn1c(=O)n(CCC(=O)Nc2ccc([N+](=O)[O-])cc2)c2ccccc21. The number of carbonyl (C=O) groups excluding carboxylic acids is 1. The maximum atomic E-state index is 12.3. The third kappa shape index (κ3) is 3.27. The van der Waals surface area contributed by atoms with E-state index >= 15 is 0 Å². The maximum absolute atomic E-state index is 12.3. The molecule has 128 valence electrons. The third-order valence-electron chi connectivity index (χ3n) is 3.98. The molecule has 1 heterocycles. The molecule has 0 atom stereocenters. The first-order valence-electron chi connectivity index (χ1n) is 7.66. The molecule has 25 heavy (non-hydrogen) atoms. The molecule has 8 heteroatoms. The minimum Gasteiger partial charge on any atom is -0.326 e. The van der Waals surface area contributed by atoms with Gasteiger partial charge in [-0.2, -0.15) is 0 Å². The second kappa shape index (κ2) is 6.60. The van der Waals surface area contributed by atoms with Gasteiger partial charge in [0.15, 0.2) is 0 Å². The third-order valence-corrected chi connectivity index (χ3v) is 3.98. The molecule has 3 rings (SSSR count). The number of hydrogen-bond acceptors (Lipinski definition) is 4. The second-order valence-electron chi connectivity index (χ2n) is 5.58. The number of fused-ring (bicyclic) bond motifs is 1. The minimum atomic E-state index is -0.501. The van der Waals surface area contributed by atoms with Gasteiger partial charge in [-0.25, -0.2) is 4.79 Å². The Morgan fingerprint density at radius 1 is 1.12 bits per heavy atom. The Labute approximate surface area is 142 Å². The lowest BCUT2D eigenvalue weighted by atomic mass is 10.2. The summed E-state index contributed by atoms with van der Waals surface area (Å²) < 4.78 is 3.11. The quantitative estimate of drug-likeness (QED) is 0.569. The molecule has 8 nitrogen and oxygen atoms in total. The van der Waals surface area contributed by atoms with Crippen molar-refractivity contribution in [2.45, 2.75) is 13.0 Å². The van der Waals surface area contributed by atoms with Gasteiger partial charge in [0.1, 0.15) is 0 Å². The average Bonchev–Trinajstić information content (AvgIpc) is 2.85. The molecule has 0 aliphatic heterocycles. The van der Waals surface area contributed by atoms with Crippen molar-refractivity contribution in [2.24, 2.45) is 7.05 Å². The number of nitro groups is 1. The van der Waals surface area contributed by atoms with Crippen LogP contribution in [0.15, 0.2) is 53.3 Å². The molecule has 0 aliphatic rings. The Hall–Kier alpha value is -3.42. The summed E-state index contributed by atoms with van der Waals surface area (Å²) in [5, 5.41) is 13.3. The predicted molar refractivity (Wildman–Crippen MR) is 93.5 cm³/mol. The lowest BCUT2D eigenvalue weighted by Gasteiger charge is -2.06. The first-order chi connectivity index (χ1) is 12.0. The molecule has 0 fully saturated rings. The number of benzene rings is 2. The summed E-state index contributed by atoms with van der Waals surface area (Å²) >= 11 is 0. The fourth-order valence-corrected chi connectivity index (χ4v) is 2.68. The van der Waals surface area contributed by atoms with Crippen LogP contribution in [0.25, 0.3) is 11.0 Å². The van der Waals surface area contributed by atoms with Gasteiger partial charge in [0.05, 0.1) is 16.0 Å². The zero-order valence-electron chi connectivity index (χ0n) is 13.5. The Kier molecular flexibility index (Phi) is 4.34. The number of nitrogens with one attached hydrogen (secondary N) is 1. The van der Waals surface area contributed by atoms with Crippen LogP contribution in [0.4, 0.5) is 11.4 Å². The van der Waals surface area contributed by atoms with Crippen LogP contribution in [0.1, 0.15) is 6.42 Å². The van der Waals surface area contributed by atoms with Crippen molar-refractivity contribution in [3.8, 4) is 0 Å². The number of nitrogens with zero attached hydrogens (tertiary/aromatic N) is 3. The highest BCUT2D eigenvalue weighted by molar-refractivity contribution is 5.90. The molecule has 0 bridgehead atoms. The van der Waals surface area contributed by atoms with Gasteiger partial charge < -0.3 is 5.32 Å². The Balaban J connectivity index is 1.70. The molecule has 0 saturated heterocycles. The van der Waals surface area contributed by atoms with E-state index in [1.165, 1.54) is 24.3 Å². The Morgan fingerprint density at radius 2 is 1.76 bits per heavy atom. The normalized spacial score (nSPS) is 10.8. The first-order valence-corrected chi connectivity index (χ1v) is 7.66. The van der Waals surface area contributed by atoms with Gasteiger partial charge in [-0.1, -0.05) is 12.1 Å². The molecular formula is C17H16N4O4. The lowest BCUT2D eigenvalue weighted by Crippen LogP contribution is -2.24. The number of rotatable bonds is 5. The zero-order chi connectivity index (χ0) is 18.0. The summed E-state index contributed by atoms with van der Waals surface area (Å²) in [5.41, 5.74) is 1.84. The smallest absolute Gasteiger partial charge is 0.326 e. The van der Waals surface area contributed by atoms with Crippen LogP contribution < -0.4 is 11.0 Å². The number of carbonyl (C=O) groups is 1. The highest BCUT2D eigenvalue weighted by atomic mass is 16.6. The average molecular weight is 340 g/mol. The van der Waals surface area contributed by atoms with Crippen LogP contribution in [0.5, 0.6) is 0 Å². The summed E-state index contributed by atoms with van der Waals surface area (Å²) in [7, 11) is 1.69. The zero-order valence-corrected chi connectivity index (χ0v) is 13.5. The number of anilines is 1. The van der Waals surface area contributed by atoms with Gasteiger partial charge >= 0.3 is 5.69 Å². The van der Waals surface area contributed by atoms with Gasteiger partial charge in [-0.05, 0) is 24.3 Å². The highest BCUT2D eigenvalue weighted by Gasteiger charge is 2.12. The molecule has 3 aromatic rings. The Bertz CT molecular complexity index is 1000. The lowest BCUT2D eigenvalue weighted by molar-refractivity contribution is -0.384. The first kappa shape index (κ1) is 16.4. The van der Waals surface area contributed by atoms with Crippen LogP contribution in [0.3, 0.4) is 0 Å². The number of para-hydroxylation sites is 2. The number of nitro benzene ring substituents is 1.